The molecule has 0 N–H and O–H groups in total. The standard InChI is InChI=1S/C14H22N2O2S/c1-11-10-19-14(15-11)12-5-8-16(9-6-12)7-3-4-13(17)18-2/h10,12H,3-9H2,1-2H3. The van der Waals surface area contributed by atoms with Crippen molar-refractivity contribution in [3.05, 3.63) is 16.1 Å². The molecule has 0 unspecified atom stereocenters. The molecule has 0 radical (unpaired) electrons. The summed E-state index contributed by atoms with van der Waals surface area (Å²) in [5.41, 5.74) is 1.14. The molecule has 0 spiro atoms. The van der Waals surface area contributed by atoms with Crippen molar-refractivity contribution in [2.24, 2.45) is 0 Å². The predicted octanol–water partition coefficient (Wildman–Crippen LogP) is 2.58. The SMILES string of the molecule is COC(=O)CCCN1CCC(c2nc(C)cs2)CC1. The molecule has 0 amide bonds. The van der Waals surface area contributed by atoms with Gasteiger partial charge in [0, 0.05) is 23.4 Å². The number of nitrogens with zero attached hydrogens (tertiary/aromatic N) is 2. The Morgan fingerprint density at radius 1 is 1.53 bits per heavy atom. The number of rotatable bonds is 5. The number of hydrogen-bond donors (Lipinski definition) is 0. The van der Waals surface area contributed by atoms with Crippen LogP contribution < -0.4 is 0 Å². The van der Waals surface area contributed by atoms with Gasteiger partial charge in [-0.2, -0.15) is 0 Å². The highest BCUT2D eigenvalue weighted by atomic mass is 32.1. The fourth-order valence-corrected chi connectivity index (χ4v) is 3.48. The molecular weight excluding hydrogens is 260 g/mol. The Morgan fingerprint density at radius 3 is 2.84 bits per heavy atom. The minimum absolute atomic E-state index is 0.104. The van der Waals surface area contributed by atoms with Gasteiger partial charge in [0.25, 0.3) is 0 Å². The van der Waals surface area contributed by atoms with Gasteiger partial charge in [0.05, 0.1) is 12.1 Å². The Bertz CT molecular complexity index is 411. The Morgan fingerprint density at radius 2 is 2.26 bits per heavy atom. The molecule has 19 heavy (non-hydrogen) atoms. The molecule has 5 heteroatoms. The number of carbonyl (C=O) groups excluding carboxylic acids is 1. The van der Waals surface area contributed by atoms with Crippen molar-refractivity contribution in [1.29, 1.82) is 0 Å². The average Bonchev–Trinajstić information content (AvgIpc) is 2.86. The van der Waals surface area contributed by atoms with Gasteiger partial charge >= 0.3 is 5.97 Å². The summed E-state index contributed by atoms with van der Waals surface area (Å²) in [5, 5.41) is 3.43. The highest BCUT2D eigenvalue weighted by molar-refractivity contribution is 7.09. The first-order valence-electron chi connectivity index (χ1n) is 6.90. The van der Waals surface area contributed by atoms with E-state index in [9.17, 15) is 4.79 Å². The lowest BCUT2D eigenvalue weighted by molar-refractivity contribution is -0.140. The molecule has 4 nitrogen and oxygen atoms in total. The van der Waals surface area contributed by atoms with E-state index in [1.54, 1.807) is 11.3 Å². The smallest absolute Gasteiger partial charge is 0.305 e. The monoisotopic (exact) mass is 282 g/mol. The molecule has 0 atom stereocenters. The molecule has 1 fully saturated rings. The van der Waals surface area contributed by atoms with E-state index in [2.05, 4.69) is 26.9 Å². The lowest BCUT2D eigenvalue weighted by Gasteiger charge is -2.30. The predicted molar refractivity (Wildman–Crippen MR) is 76.5 cm³/mol. The fourth-order valence-electron chi connectivity index (χ4n) is 2.51. The molecule has 0 aliphatic carbocycles. The molecular formula is C14H22N2O2S. The third-order valence-electron chi connectivity index (χ3n) is 3.66. The van der Waals surface area contributed by atoms with Crippen molar-refractivity contribution in [2.45, 2.75) is 38.5 Å². The van der Waals surface area contributed by atoms with E-state index in [1.165, 1.54) is 25.0 Å². The number of carbonyl (C=O) groups is 1. The molecule has 1 aromatic heterocycles. The molecule has 106 valence electrons. The number of thiazole rings is 1. The minimum Gasteiger partial charge on any atom is -0.469 e. The van der Waals surface area contributed by atoms with Gasteiger partial charge in [-0.25, -0.2) is 4.98 Å². The third-order valence-corrected chi connectivity index (χ3v) is 4.78. The summed E-state index contributed by atoms with van der Waals surface area (Å²) in [6.07, 6.45) is 3.80. The number of esters is 1. The second-order valence-electron chi connectivity index (χ2n) is 5.12. The summed E-state index contributed by atoms with van der Waals surface area (Å²) in [6.45, 7) is 5.29. The van der Waals surface area contributed by atoms with Gasteiger partial charge in [0.2, 0.25) is 0 Å². The maximum Gasteiger partial charge on any atom is 0.305 e. The van der Waals surface area contributed by atoms with E-state index in [0.717, 1.165) is 31.7 Å². The van der Waals surface area contributed by atoms with E-state index in [1.807, 2.05) is 0 Å². The quantitative estimate of drug-likeness (QED) is 0.779. The van der Waals surface area contributed by atoms with Crippen LogP contribution in [0.5, 0.6) is 0 Å². The fraction of sp³-hybridized carbons (Fsp3) is 0.714. The van der Waals surface area contributed by atoms with Crippen LogP contribution in [0.25, 0.3) is 0 Å². The molecule has 1 saturated heterocycles. The van der Waals surface area contributed by atoms with E-state index >= 15 is 0 Å². The van der Waals surface area contributed by atoms with Gasteiger partial charge in [-0.05, 0) is 45.8 Å². The molecule has 1 aliphatic rings. The van der Waals surface area contributed by atoms with Gasteiger partial charge in [-0.15, -0.1) is 11.3 Å². The number of hydrogen-bond acceptors (Lipinski definition) is 5. The number of ether oxygens (including phenoxy) is 1. The zero-order chi connectivity index (χ0) is 13.7. The number of likely N-dealkylation sites (tertiary alicyclic amines) is 1. The zero-order valence-corrected chi connectivity index (χ0v) is 12.5. The summed E-state index contributed by atoms with van der Waals surface area (Å²) >= 11 is 1.79. The largest absolute Gasteiger partial charge is 0.469 e. The summed E-state index contributed by atoms with van der Waals surface area (Å²) in [5.74, 6) is 0.531. The maximum absolute atomic E-state index is 11.0. The second kappa shape index (κ2) is 7.01. The van der Waals surface area contributed by atoms with Crippen molar-refractivity contribution < 1.29 is 9.53 Å². The van der Waals surface area contributed by atoms with Gasteiger partial charge < -0.3 is 9.64 Å². The van der Waals surface area contributed by atoms with Crippen molar-refractivity contribution in [3.63, 3.8) is 0 Å². The number of piperidine rings is 1. The van der Waals surface area contributed by atoms with E-state index in [0.29, 0.717) is 12.3 Å². The first kappa shape index (κ1) is 14.5. The average molecular weight is 282 g/mol. The molecule has 0 bridgehead atoms. The third kappa shape index (κ3) is 4.28. The Balaban J connectivity index is 1.69. The van der Waals surface area contributed by atoms with Gasteiger partial charge in [-0.1, -0.05) is 0 Å². The van der Waals surface area contributed by atoms with Gasteiger partial charge in [0.15, 0.2) is 0 Å². The summed E-state index contributed by atoms with van der Waals surface area (Å²) in [6, 6.07) is 0. The Labute approximate surface area is 118 Å². The topological polar surface area (TPSA) is 42.4 Å². The van der Waals surface area contributed by atoms with Crippen molar-refractivity contribution in [3.8, 4) is 0 Å². The lowest BCUT2D eigenvalue weighted by Crippen LogP contribution is -2.33. The molecule has 0 saturated carbocycles. The molecule has 1 aliphatic heterocycles. The minimum atomic E-state index is -0.104. The van der Waals surface area contributed by atoms with Crippen LogP contribution in [0, 0.1) is 6.92 Å². The van der Waals surface area contributed by atoms with Crippen LogP contribution in [0.1, 0.15) is 42.3 Å². The summed E-state index contributed by atoms with van der Waals surface area (Å²) in [7, 11) is 1.45. The second-order valence-corrected chi connectivity index (χ2v) is 6.01. The first-order valence-corrected chi connectivity index (χ1v) is 7.78. The van der Waals surface area contributed by atoms with Crippen LogP contribution in [0.15, 0.2) is 5.38 Å². The van der Waals surface area contributed by atoms with Gasteiger partial charge in [-0.3, -0.25) is 4.79 Å². The van der Waals surface area contributed by atoms with E-state index in [-0.39, 0.29) is 5.97 Å². The van der Waals surface area contributed by atoms with E-state index in [4.69, 9.17) is 0 Å². The molecule has 0 aromatic carbocycles. The number of aromatic nitrogens is 1. The zero-order valence-electron chi connectivity index (χ0n) is 11.7. The molecule has 2 rings (SSSR count). The van der Waals surface area contributed by atoms with Crippen LogP contribution in [0.3, 0.4) is 0 Å². The summed E-state index contributed by atoms with van der Waals surface area (Å²) in [4.78, 5) is 18.1. The Hall–Kier alpha value is -0.940. The molecule has 1 aromatic rings. The van der Waals surface area contributed by atoms with E-state index < -0.39 is 0 Å². The highest BCUT2D eigenvalue weighted by Crippen LogP contribution is 2.30. The Kier molecular flexibility index (Phi) is 5.34. The highest BCUT2D eigenvalue weighted by Gasteiger charge is 2.22. The normalized spacial score (nSPS) is 17.6. The first-order chi connectivity index (χ1) is 9.19. The van der Waals surface area contributed by atoms with Crippen molar-refractivity contribution >= 4 is 17.3 Å². The van der Waals surface area contributed by atoms with Crippen LogP contribution in [0.2, 0.25) is 0 Å². The maximum atomic E-state index is 11.0. The van der Waals surface area contributed by atoms with Crippen LogP contribution >= 0.6 is 11.3 Å². The van der Waals surface area contributed by atoms with Gasteiger partial charge in [0.1, 0.15) is 0 Å². The lowest BCUT2D eigenvalue weighted by atomic mass is 9.97. The number of aryl methyl sites for hydroxylation is 1. The number of methoxy groups -OCH3 is 1. The van der Waals surface area contributed by atoms with Crippen molar-refractivity contribution in [2.75, 3.05) is 26.7 Å². The molecule has 2 heterocycles. The van der Waals surface area contributed by atoms with Crippen LogP contribution in [-0.2, 0) is 9.53 Å². The van der Waals surface area contributed by atoms with Crippen LogP contribution in [0.4, 0.5) is 0 Å². The summed E-state index contributed by atoms with van der Waals surface area (Å²) < 4.78 is 4.65. The van der Waals surface area contributed by atoms with Crippen molar-refractivity contribution in [1.82, 2.24) is 9.88 Å². The van der Waals surface area contributed by atoms with Crippen LogP contribution in [-0.4, -0.2) is 42.6 Å².